The van der Waals surface area contributed by atoms with Crippen molar-refractivity contribution in [1.29, 1.82) is 0 Å². The van der Waals surface area contributed by atoms with Crippen molar-refractivity contribution < 1.29 is 19.2 Å². The average Bonchev–Trinajstić information content (AvgIpc) is 2.44. The molecule has 5 heteroatoms. The maximum absolute atomic E-state index is 12.0. The molecule has 0 amide bonds. The molecule has 0 aromatic carbocycles. The molecule has 0 aromatic rings. The average molecular weight is 295 g/mol. The van der Waals surface area contributed by atoms with E-state index in [4.69, 9.17) is 9.57 Å². The molecule has 0 aliphatic heterocycles. The van der Waals surface area contributed by atoms with E-state index in [0.29, 0.717) is 12.1 Å². The van der Waals surface area contributed by atoms with Gasteiger partial charge in [0.15, 0.2) is 0 Å². The summed E-state index contributed by atoms with van der Waals surface area (Å²) < 4.78 is 4.93. The minimum Gasteiger partial charge on any atom is -0.469 e. The number of esters is 1. The predicted octanol–water partition coefficient (Wildman–Crippen LogP) is 3.24. The second kappa shape index (κ2) is 8.60. The van der Waals surface area contributed by atoms with Crippen molar-refractivity contribution >= 4 is 17.7 Å². The molecule has 1 aliphatic rings. The quantitative estimate of drug-likeness (QED) is 0.326. The van der Waals surface area contributed by atoms with Gasteiger partial charge in [-0.15, -0.1) is 0 Å². The van der Waals surface area contributed by atoms with Gasteiger partial charge in [0.25, 0.3) is 0 Å². The van der Waals surface area contributed by atoms with Gasteiger partial charge in [-0.25, -0.2) is 4.79 Å². The van der Waals surface area contributed by atoms with Crippen LogP contribution in [0.2, 0.25) is 0 Å². The highest BCUT2D eigenvalue weighted by atomic mass is 16.7. The summed E-state index contributed by atoms with van der Waals surface area (Å²) in [5.41, 5.74) is 1.63. The molecule has 0 saturated heterocycles. The number of rotatable bonds is 6. The van der Waals surface area contributed by atoms with Gasteiger partial charge in [-0.05, 0) is 31.8 Å². The van der Waals surface area contributed by atoms with Gasteiger partial charge in [0.2, 0.25) is 0 Å². The lowest BCUT2D eigenvalue weighted by Gasteiger charge is -2.29. The summed E-state index contributed by atoms with van der Waals surface area (Å²) in [5.74, 6) is -0.700. The zero-order valence-corrected chi connectivity index (χ0v) is 13.3. The standard InChI is InChI=1S/C16H25NO4/c1-5-6-7-8-13-10-14(17-21-12(3)18)9-11(2)15(13)16(19)20-4/h9,13,15H,5-8,10H2,1-4H3/b17-14+. The second-order valence-electron chi connectivity index (χ2n) is 5.51. The number of unbranched alkanes of at least 4 members (excludes halogenated alkanes) is 2. The summed E-state index contributed by atoms with van der Waals surface area (Å²) in [4.78, 5) is 27.6. The van der Waals surface area contributed by atoms with Gasteiger partial charge < -0.3 is 9.57 Å². The maximum Gasteiger partial charge on any atom is 0.331 e. The molecule has 0 fully saturated rings. The third-order valence-electron chi connectivity index (χ3n) is 3.75. The molecular formula is C16H25NO4. The number of methoxy groups -OCH3 is 1. The molecule has 5 nitrogen and oxygen atoms in total. The summed E-state index contributed by atoms with van der Waals surface area (Å²) in [7, 11) is 1.42. The first-order valence-electron chi connectivity index (χ1n) is 7.50. The lowest BCUT2D eigenvalue weighted by atomic mass is 9.75. The van der Waals surface area contributed by atoms with Crippen LogP contribution in [0, 0.1) is 11.8 Å². The van der Waals surface area contributed by atoms with Gasteiger partial charge in [-0.1, -0.05) is 36.9 Å². The normalized spacial score (nSPS) is 23.6. The van der Waals surface area contributed by atoms with Gasteiger partial charge in [0.05, 0.1) is 18.7 Å². The Morgan fingerprint density at radius 1 is 1.38 bits per heavy atom. The fraction of sp³-hybridized carbons (Fsp3) is 0.688. The van der Waals surface area contributed by atoms with Gasteiger partial charge in [-0.2, -0.15) is 0 Å². The lowest BCUT2D eigenvalue weighted by Crippen LogP contribution is -2.31. The summed E-state index contributed by atoms with van der Waals surface area (Å²) in [6.45, 7) is 5.37. The van der Waals surface area contributed by atoms with Crippen molar-refractivity contribution in [3.63, 3.8) is 0 Å². The third kappa shape index (κ3) is 5.33. The van der Waals surface area contributed by atoms with Crippen LogP contribution in [-0.4, -0.2) is 24.8 Å². The molecule has 0 bridgehead atoms. The first kappa shape index (κ1) is 17.4. The van der Waals surface area contributed by atoms with E-state index in [9.17, 15) is 9.59 Å². The highest BCUT2D eigenvalue weighted by molar-refractivity contribution is 5.98. The first-order valence-corrected chi connectivity index (χ1v) is 7.50. The van der Waals surface area contributed by atoms with E-state index in [-0.39, 0.29) is 17.8 Å². The molecule has 0 radical (unpaired) electrons. The number of carbonyl (C=O) groups is 2. The van der Waals surface area contributed by atoms with Crippen LogP contribution in [0.4, 0.5) is 0 Å². The Bertz CT molecular complexity index is 440. The van der Waals surface area contributed by atoms with E-state index in [0.717, 1.165) is 31.3 Å². The van der Waals surface area contributed by atoms with Crippen molar-refractivity contribution in [3.05, 3.63) is 11.6 Å². The SMILES string of the molecule is CCCCCC1C/C(=N/OC(C)=O)C=C(C)C1C(=O)OC. The monoisotopic (exact) mass is 295 g/mol. The van der Waals surface area contributed by atoms with Crippen molar-refractivity contribution in [1.82, 2.24) is 0 Å². The highest BCUT2D eigenvalue weighted by Crippen LogP contribution is 2.34. The number of hydrogen-bond donors (Lipinski definition) is 0. The number of nitrogens with zero attached hydrogens (tertiary/aromatic N) is 1. The summed E-state index contributed by atoms with van der Waals surface area (Å²) in [5, 5.41) is 3.87. The van der Waals surface area contributed by atoms with Gasteiger partial charge in [0.1, 0.15) is 0 Å². The van der Waals surface area contributed by atoms with Gasteiger partial charge in [0, 0.05) is 6.92 Å². The van der Waals surface area contributed by atoms with E-state index in [1.165, 1.54) is 14.0 Å². The van der Waals surface area contributed by atoms with Crippen LogP contribution < -0.4 is 0 Å². The van der Waals surface area contributed by atoms with E-state index in [2.05, 4.69) is 12.1 Å². The van der Waals surface area contributed by atoms with Gasteiger partial charge in [-0.3, -0.25) is 4.79 Å². The molecule has 0 saturated carbocycles. The Morgan fingerprint density at radius 2 is 2.10 bits per heavy atom. The van der Waals surface area contributed by atoms with E-state index in [1.807, 2.05) is 13.0 Å². The molecular weight excluding hydrogens is 270 g/mol. The Kier molecular flexibility index (Phi) is 7.12. The molecule has 21 heavy (non-hydrogen) atoms. The smallest absolute Gasteiger partial charge is 0.331 e. The van der Waals surface area contributed by atoms with Crippen molar-refractivity contribution in [3.8, 4) is 0 Å². The number of hydrogen-bond acceptors (Lipinski definition) is 5. The number of oxime groups is 1. The lowest BCUT2D eigenvalue weighted by molar-refractivity contribution is -0.146. The van der Waals surface area contributed by atoms with E-state index in [1.54, 1.807) is 0 Å². The van der Waals surface area contributed by atoms with Crippen molar-refractivity contribution in [2.75, 3.05) is 7.11 Å². The van der Waals surface area contributed by atoms with Crippen molar-refractivity contribution in [2.24, 2.45) is 17.0 Å². The van der Waals surface area contributed by atoms with Crippen LogP contribution >= 0.6 is 0 Å². The first-order chi connectivity index (χ1) is 9.99. The molecule has 0 N–H and O–H groups in total. The van der Waals surface area contributed by atoms with Crippen LogP contribution in [-0.2, 0) is 19.2 Å². The van der Waals surface area contributed by atoms with Crippen LogP contribution in [0.25, 0.3) is 0 Å². The minimum atomic E-state index is -0.439. The fourth-order valence-electron chi connectivity index (χ4n) is 2.79. The predicted molar refractivity (Wildman–Crippen MR) is 80.7 cm³/mol. The van der Waals surface area contributed by atoms with E-state index < -0.39 is 5.97 Å². The van der Waals surface area contributed by atoms with Crippen LogP contribution in [0.15, 0.2) is 16.8 Å². The minimum absolute atomic E-state index is 0.156. The zero-order valence-electron chi connectivity index (χ0n) is 13.3. The second-order valence-corrected chi connectivity index (χ2v) is 5.51. The molecule has 118 valence electrons. The Hall–Kier alpha value is -1.65. The summed E-state index contributed by atoms with van der Waals surface area (Å²) in [6, 6.07) is 0. The number of ether oxygens (including phenoxy) is 1. The molecule has 0 spiro atoms. The topological polar surface area (TPSA) is 65.0 Å². The third-order valence-corrected chi connectivity index (χ3v) is 3.75. The maximum atomic E-state index is 12.0. The molecule has 1 aliphatic carbocycles. The summed E-state index contributed by atoms with van der Waals surface area (Å²) in [6.07, 6.45) is 6.75. The largest absolute Gasteiger partial charge is 0.469 e. The van der Waals surface area contributed by atoms with Crippen LogP contribution in [0.1, 0.15) is 52.9 Å². The summed E-state index contributed by atoms with van der Waals surface area (Å²) >= 11 is 0. The Balaban J connectivity index is 2.89. The molecule has 0 aromatic heterocycles. The Labute approximate surface area is 126 Å². The molecule has 1 rings (SSSR count). The number of carbonyl (C=O) groups excluding carboxylic acids is 2. The van der Waals surface area contributed by atoms with Crippen LogP contribution in [0.3, 0.4) is 0 Å². The Morgan fingerprint density at radius 3 is 2.67 bits per heavy atom. The van der Waals surface area contributed by atoms with Gasteiger partial charge >= 0.3 is 11.9 Å². The molecule has 2 unspecified atom stereocenters. The van der Waals surface area contributed by atoms with Crippen LogP contribution in [0.5, 0.6) is 0 Å². The molecule has 2 atom stereocenters. The highest BCUT2D eigenvalue weighted by Gasteiger charge is 2.34. The van der Waals surface area contributed by atoms with Crippen molar-refractivity contribution in [2.45, 2.75) is 52.9 Å². The fourth-order valence-corrected chi connectivity index (χ4v) is 2.79. The van der Waals surface area contributed by atoms with E-state index >= 15 is 0 Å². The zero-order chi connectivity index (χ0) is 15.8. The number of allylic oxidation sites excluding steroid dienone is 1. The molecule has 0 heterocycles.